The molecule has 8 heteroatoms. The highest BCUT2D eigenvalue weighted by Gasteiger charge is 3.06. The lowest BCUT2D eigenvalue weighted by molar-refractivity contribution is -0.136. The molecule has 0 aromatic carbocycles. The van der Waals surface area contributed by atoms with Crippen LogP contribution in [0.5, 0.6) is 0 Å². The summed E-state index contributed by atoms with van der Waals surface area (Å²) in [6.45, 7) is 15.3. The zero-order valence-corrected chi connectivity index (χ0v) is 21.7. The highest BCUT2D eigenvalue weighted by Crippen LogP contribution is 2.86. The molecule has 2 spiro atoms. The van der Waals surface area contributed by atoms with E-state index in [-0.39, 0.29) is 47.6 Å². The molecule has 0 unspecified atom stereocenters. The van der Waals surface area contributed by atoms with Crippen molar-refractivity contribution in [1.29, 1.82) is 0 Å². The summed E-state index contributed by atoms with van der Waals surface area (Å²) in [4.78, 5) is 12.4. The Kier molecular flexibility index (Phi) is 3.66. The van der Waals surface area contributed by atoms with Gasteiger partial charge in [-0.1, -0.05) is 20.8 Å². The van der Waals surface area contributed by atoms with Crippen LogP contribution < -0.4 is 0 Å². The van der Waals surface area contributed by atoms with Gasteiger partial charge in [0.15, 0.2) is 5.60 Å². The van der Waals surface area contributed by atoms with Gasteiger partial charge in [-0.3, -0.25) is 0 Å². The number of carbonyl (C=O) groups is 1. The van der Waals surface area contributed by atoms with E-state index in [9.17, 15) is 9.90 Å². The number of aliphatic hydroxyl groups is 1. The van der Waals surface area contributed by atoms with Gasteiger partial charge in [0.25, 0.3) is 0 Å². The Morgan fingerprint density at radius 1 is 1.09 bits per heavy atom. The zero-order chi connectivity index (χ0) is 23.6. The van der Waals surface area contributed by atoms with Gasteiger partial charge in [-0.05, 0) is 63.6 Å². The largest absolute Gasteiger partial charge is 0.458 e. The minimum Gasteiger partial charge on any atom is -0.458 e. The summed E-state index contributed by atoms with van der Waals surface area (Å²) in [6, 6.07) is 0. The van der Waals surface area contributed by atoms with Crippen molar-refractivity contribution in [1.82, 2.24) is 0 Å². The van der Waals surface area contributed by atoms with E-state index in [1.807, 2.05) is 13.8 Å². The summed E-state index contributed by atoms with van der Waals surface area (Å²) in [6.07, 6.45) is 1.89. The van der Waals surface area contributed by atoms with Gasteiger partial charge in [-0.15, -0.1) is 0 Å². The minimum atomic E-state index is -2.80. The average Bonchev–Trinajstić information content (AvgIpc) is 3.60. The molecule has 3 aliphatic carbocycles. The Bertz CT molecular complexity index is 1020. The summed E-state index contributed by atoms with van der Waals surface area (Å²) in [5.41, 5.74) is -0.440. The summed E-state index contributed by atoms with van der Waals surface area (Å²) >= 11 is 0. The van der Waals surface area contributed by atoms with Crippen molar-refractivity contribution >= 4 is 14.3 Å². The monoisotopic (exact) mass is 476 g/mol. The number of epoxide rings is 3. The summed E-state index contributed by atoms with van der Waals surface area (Å²) in [5, 5.41) is 11.9. The Hall–Kier alpha value is -0.773. The van der Waals surface area contributed by atoms with Gasteiger partial charge >= 0.3 is 5.97 Å². The molecule has 3 saturated heterocycles. The quantitative estimate of drug-likeness (QED) is 0.379. The molecule has 2 saturated carbocycles. The molecule has 4 aliphatic heterocycles. The minimum absolute atomic E-state index is 0.00420. The van der Waals surface area contributed by atoms with Crippen LogP contribution in [0.25, 0.3) is 0 Å². The fourth-order valence-corrected chi connectivity index (χ4v) is 13.6. The predicted octanol–water partition coefficient (Wildman–Crippen LogP) is 2.64. The van der Waals surface area contributed by atoms with E-state index < -0.39 is 30.3 Å². The lowest BCUT2D eigenvalue weighted by Gasteiger charge is -2.59. The van der Waals surface area contributed by atoms with Crippen LogP contribution in [0.1, 0.15) is 53.9 Å². The van der Waals surface area contributed by atoms with Crippen LogP contribution in [0.15, 0.2) is 11.1 Å². The number of carbonyl (C=O) groups excluding carboxylic acids is 1. The van der Waals surface area contributed by atoms with Gasteiger partial charge in [0.05, 0.1) is 6.10 Å². The fraction of sp³-hybridized carbons (Fsp3) is 0.880. The van der Waals surface area contributed by atoms with Crippen molar-refractivity contribution in [3.8, 4) is 0 Å². The molecule has 0 radical (unpaired) electrons. The van der Waals surface area contributed by atoms with Gasteiger partial charge in [0.1, 0.15) is 35.2 Å². The normalized spacial score (nSPS) is 55.3. The molecule has 0 amide bonds. The first-order valence-corrected chi connectivity index (χ1v) is 15.6. The maximum absolute atomic E-state index is 13.1. The van der Waals surface area contributed by atoms with E-state index >= 15 is 0 Å². The maximum atomic E-state index is 13.1. The van der Waals surface area contributed by atoms with E-state index in [4.69, 9.17) is 23.4 Å². The van der Waals surface area contributed by atoms with Crippen LogP contribution >= 0.6 is 0 Å². The molecule has 0 bridgehead atoms. The molecule has 5 fully saturated rings. The SMILES string of the molecule is CC(C)O[Si](C)(C)[C@@]1(O)[C@]23O[C@H]2C[C@H]2C4=C(CC[C@]2(C)[C@@]32O[C@H]2[C@@H]2O[C@@]21C(C)C)C(=O)OC4. The second kappa shape index (κ2) is 5.62. The van der Waals surface area contributed by atoms with Crippen LogP contribution in [-0.4, -0.2) is 72.4 Å². The van der Waals surface area contributed by atoms with E-state index in [0.717, 1.165) is 24.0 Å². The first-order valence-electron chi connectivity index (χ1n) is 12.7. The third-order valence-electron chi connectivity index (χ3n) is 10.6. The van der Waals surface area contributed by atoms with Crippen molar-refractivity contribution in [2.24, 2.45) is 17.3 Å². The van der Waals surface area contributed by atoms with Crippen LogP contribution in [0.4, 0.5) is 0 Å². The van der Waals surface area contributed by atoms with E-state index in [1.54, 1.807) is 0 Å². The summed E-state index contributed by atoms with van der Waals surface area (Å²) < 4.78 is 32.2. The highest BCUT2D eigenvalue weighted by atomic mass is 28.4. The number of hydrogen-bond acceptors (Lipinski definition) is 7. The van der Waals surface area contributed by atoms with Crippen molar-refractivity contribution in [3.05, 3.63) is 11.1 Å². The smallest absolute Gasteiger partial charge is 0.334 e. The third kappa shape index (κ3) is 1.88. The molecule has 33 heavy (non-hydrogen) atoms. The van der Waals surface area contributed by atoms with E-state index in [2.05, 4.69) is 33.9 Å². The fourth-order valence-electron chi connectivity index (χ4n) is 9.49. The van der Waals surface area contributed by atoms with Gasteiger partial charge in [-0.25, -0.2) is 4.79 Å². The van der Waals surface area contributed by atoms with E-state index in [0.29, 0.717) is 13.0 Å². The van der Waals surface area contributed by atoms with Crippen LogP contribution in [-0.2, 0) is 28.2 Å². The van der Waals surface area contributed by atoms with Gasteiger partial charge in [-0.2, -0.15) is 0 Å². The number of cyclic esters (lactones) is 1. The van der Waals surface area contributed by atoms with E-state index in [1.165, 1.54) is 0 Å². The van der Waals surface area contributed by atoms with Crippen LogP contribution in [0.3, 0.4) is 0 Å². The Morgan fingerprint density at radius 2 is 1.82 bits per heavy atom. The highest BCUT2D eigenvalue weighted by molar-refractivity contribution is 6.75. The topological polar surface area (TPSA) is 93.4 Å². The number of hydrogen-bond donors (Lipinski definition) is 1. The Balaban J connectivity index is 1.42. The number of ether oxygens (including phenoxy) is 4. The predicted molar refractivity (Wildman–Crippen MR) is 120 cm³/mol. The molecule has 7 aliphatic rings. The first kappa shape index (κ1) is 21.5. The molecule has 9 atom stereocenters. The standard InChI is InChI=1S/C25H36O7Si/c1-12(2)22-18(30-22)19-24(31-19)21(5)9-8-14-15(11-28-20(14)26)16(21)10-17-23(24,29-17)25(22,27)33(6,7)32-13(3)4/h12-13,16-19,27H,8-11H2,1-7H3/t16-,17-,18-,19-,21-,22-,23-,24+,25+/m0/s1. The molecule has 0 aromatic heterocycles. The average molecular weight is 477 g/mol. The van der Waals surface area contributed by atoms with Crippen molar-refractivity contribution in [2.75, 3.05) is 6.61 Å². The van der Waals surface area contributed by atoms with Crippen LogP contribution in [0.2, 0.25) is 13.1 Å². The Labute approximate surface area is 196 Å². The number of esters is 1. The van der Waals surface area contributed by atoms with Crippen molar-refractivity contribution in [3.63, 3.8) is 0 Å². The molecule has 1 N–H and O–H groups in total. The molecule has 4 heterocycles. The Morgan fingerprint density at radius 3 is 2.48 bits per heavy atom. The van der Waals surface area contributed by atoms with Gasteiger partial charge in [0, 0.05) is 17.1 Å². The molecule has 7 rings (SSSR count). The van der Waals surface area contributed by atoms with Crippen molar-refractivity contribution in [2.45, 2.75) is 113 Å². The molecular formula is C25H36O7Si. The lowest BCUT2D eigenvalue weighted by Crippen LogP contribution is -2.83. The second-order valence-electron chi connectivity index (χ2n) is 12.8. The number of rotatable bonds is 4. The molecular weight excluding hydrogens is 440 g/mol. The maximum Gasteiger partial charge on any atom is 0.334 e. The van der Waals surface area contributed by atoms with Gasteiger partial charge < -0.3 is 28.5 Å². The van der Waals surface area contributed by atoms with Crippen LogP contribution in [0, 0.1) is 17.3 Å². The second-order valence-corrected chi connectivity index (χ2v) is 16.8. The van der Waals surface area contributed by atoms with Crippen molar-refractivity contribution < 1.29 is 33.3 Å². The van der Waals surface area contributed by atoms with Gasteiger partial charge in [0.2, 0.25) is 8.32 Å². The summed E-state index contributed by atoms with van der Waals surface area (Å²) in [5.74, 6) is 0.0990. The molecule has 0 aromatic rings. The zero-order valence-electron chi connectivity index (χ0n) is 20.7. The first-order chi connectivity index (χ1) is 15.4. The number of fused-ring (bicyclic) bond motifs is 4. The lowest BCUT2D eigenvalue weighted by atomic mass is 9.46. The third-order valence-corrected chi connectivity index (χ3v) is 14.2. The molecule has 7 nitrogen and oxygen atoms in total. The summed E-state index contributed by atoms with van der Waals surface area (Å²) in [7, 11) is -2.80. The molecule has 182 valence electrons.